The van der Waals surface area contributed by atoms with E-state index in [1.807, 2.05) is 0 Å². The number of amides is 1. The van der Waals surface area contributed by atoms with Gasteiger partial charge < -0.3 is 20.6 Å². The van der Waals surface area contributed by atoms with Crippen molar-refractivity contribution in [2.24, 2.45) is 0 Å². The van der Waals surface area contributed by atoms with Crippen LogP contribution in [0.2, 0.25) is 0 Å². The Morgan fingerprint density at radius 3 is 0.873 bits per heavy atom. The van der Waals surface area contributed by atoms with Crippen molar-refractivity contribution >= 4 is 5.91 Å². The van der Waals surface area contributed by atoms with Crippen LogP contribution in [0.3, 0.4) is 0 Å². The minimum Gasteiger partial charge on any atom is -0.394 e. The lowest BCUT2D eigenvalue weighted by atomic mass is 10.0. The summed E-state index contributed by atoms with van der Waals surface area (Å²) in [5.74, 6) is -0.276. The zero-order valence-electron chi connectivity index (χ0n) is 37.6. The summed E-state index contributed by atoms with van der Waals surface area (Å²) in [6.07, 6.45) is 53.7. The second-order valence-electron chi connectivity index (χ2n) is 17.8. The van der Waals surface area contributed by atoms with Crippen LogP contribution in [0.4, 0.5) is 0 Å². The number of carbonyl (C=O) groups excluding carboxylic acids is 1. The summed E-state index contributed by atoms with van der Waals surface area (Å²) < 4.78 is 0. The van der Waals surface area contributed by atoms with Crippen LogP contribution < -0.4 is 5.32 Å². The monoisotopic (exact) mass is 780 g/mol. The molecule has 330 valence electrons. The molecule has 3 atom stereocenters. The molecule has 0 radical (unpaired) electrons. The normalized spacial score (nSPS) is 13.3. The van der Waals surface area contributed by atoms with Crippen molar-refractivity contribution in [3.63, 3.8) is 0 Å². The molecule has 0 aromatic heterocycles. The smallest absolute Gasteiger partial charge is 0.222 e. The SMILES string of the molecule is CCCCCCCCCCCCCCCCCCCCCCC(O)CC(=O)NC(CO)C(O)CCCCCCCCCCCCCCCCCCCCCC. The molecule has 1 amide bonds. The van der Waals surface area contributed by atoms with E-state index in [0.717, 1.165) is 25.7 Å². The van der Waals surface area contributed by atoms with Crippen LogP contribution in [0.1, 0.15) is 290 Å². The Balaban J connectivity index is 3.53. The molecule has 0 aliphatic carbocycles. The largest absolute Gasteiger partial charge is 0.394 e. The van der Waals surface area contributed by atoms with E-state index in [1.165, 1.54) is 231 Å². The van der Waals surface area contributed by atoms with Crippen molar-refractivity contribution in [3.8, 4) is 0 Å². The molecule has 0 aromatic rings. The lowest BCUT2D eigenvalue weighted by Crippen LogP contribution is -2.46. The van der Waals surface area contributed by atoms with Gasteiger partial charge in [0.15, 0.2) is 0 Å². The van der Waals surface area contributed by atoms with Gasteiger partial charge in [0, 0.05) is 0 Å². The van der Waals surface area contributed by atoms with Crippen LogP contribution in [-0.2, 0) is 4.79 Å². The van der Waals surface area contributed by atoms with E-state index in [9.17, 15) is 20.1 Å². The van der Waals surface area contributed by atoms with Gasteiger partial charge in [-0.15, -0.1) is 0 Å². The quantitative estimate of drug-likeness (QED) is 0.0463. The van der Waals surface area contributed by atoms with E-state index in [-0.39, 0.29) is 18.9 Å². The Labute approximate surface area is 345 Å². The number of aliphatic hydroxyl groups is 3. The Kier molecular flexibility index (Phi) is 45.5. The van der Waals surface area contributed by atoms with E-state index in [4.69, 9.17) is 0 Å². The minimum atomic E-state index is -0.744. The van der Waals surface area contributed by atoms with Gasteiger partial charge in [-0.25, -0.2) is 0 Å². The lowest BCUT2D eigenvalue weighted by molar-refractivity contribution is -0.125. The number of rotatable bonds is 47. The Bertz CT molecular complexity index is 733. The molecule has 0 aliphatic rings. The number of hydrogen-bond acceptors (Lipinski definition) is 4. The third-order valence-electron chi connectivity index (χ3n) is 12.2. The molecule has 0 fully saturated rings. The standard InChI is InChI=1S/C50H101NO4/c1-3-5-7-9-11-13-15-17-19-21-23-25-27-29-31-33-35-37-39-41-43-47(53)45-50(55)51-48(46-52)49(54)44-42-40-38-36-34-32-30-28-26-24-22-20-18-16-14-12-10-8-6-4-2/h47-49,52-54H,3-46H2,1-2H3,(H,51,55). The molecular weight excluding hydrogens is 679 g/mol. The summed E-state index contributed by atoms with van der Waals surface area (Å²) in [6, 6.07) is -0.653. The number of unbranched alkanes of at least 4 members (excludes halogenated alkanes) is 38. The molecule has 0 spiro atoms. The van der Waals surface area contributed by atoms with Gasteiger partial charge in [-0.05, 0) is 12.8 Å². The molecule has 0 rings (SSSR count). The highest BCUT2D eigenvalue weighted by Gasteiger charge is 2.21. The van der Waals surface area contributed by atoms with Crippen molar-refractivity contribution in [1.82, 2.24) is 5.32 Å². The second-order valence-corrected chi connectivity index (χ2v) is 17.8. The first kappa shape index (κ1) is 54.3. The van der Waals surface area contributed by atoms with Crippen LogP contribution in [-0.4, -0.2) is 46.1 Å². The summed E-state index contributed by atoms with van der Waals surface area (Å²) in [5.41, 5.74) is 0. The second kappa shape index (κ2) is 46.0. The molecule has 0 aromatic carbocycles. The first-order valence-electron chi connectivity index (χ1n) is 25.3. The third kappa shape index (κ3) is 42.8. The van der Waals surface area contributed by atoms with Gasteiger partial charge >= 0.3 is 0 Å². The number of nitrogens with one attached hydrogen (secondary N) is 1. The molecular formula is C50H101NO4. The summed E-state index contributed by atoms with van der Waals surface area (Å²) in [7, 11) is 0. The van der Waals surface area contributed by atoms with Crippen LogP contribution in [0.25, 0.3) is 0 Å². The highest BCUT2D eigenvalue weighted by atomic mass is 16.3. The fourth-order valence-corrected chi connectivity index (χ4v) is 8.29. The molecule has 0 saturated carbocycles. The number of hydrogen-bond donors (Lipinski definition) is 4. The van der Waals surface area contributed by atoms with Gasteiger partial charge in [-0.1, -0.05) is 271 Å². The molecule has 4 N–H and O–H groups in total. The van der Waals surface area contributed by atoms with Crippen LogP contribution in [0.5, 0.6) is 0 Å². The highest BCUT2D eigenvalue weighted by molar-refractivity contribution is 5.76. The topological polar surface area (TPSA) is 89.8 Å². The van der Waals surface area contributed by atoms with Gasteiger partial charge in [0.05, 0.1) is 31.3 Å². The molecule has 5 heteroatoms. The molecule has 0 heterocycles. The molecule has 0 aliphatic heterocycles. The Morgan fingerprint density at radius 2 is 0.618 bits per heavy atom. The number of carbonyl (C=O) groups is 1. The van der Waals surface area contributed by atoms with Gasteiger partial charge in [0.2, 0.25) is 5.91 Å². The molecule has 0 saturated heterocycles. The van der Waals surface area contributed by atoms with Crippen LogP contribution >= 0.6 is 0 Å². The van der Waals surface area contributed by atoms with E-state index >= 15 is 0 Å². The molecule has 0 bridgehead atoms. The predicted molar refractivity (Wildman–Crippen MR) is 241 cm³/mol. The first-order valence-corrected chi connectivity index (χ1v) is 25.3. The van der Waals surface area contributed by atoms with Crippen LogP contribution in [0.15, 0.2) is 0 Å². The maximum absolute atomic E-state index is 12.5. The van der Waals surface area contributed by atoms with E-state index in [1.54, 1.807) is 0 Å². The van der Waals surface area contributed by atoms with Crippen molar-refractivity contribution in [2.75, 3.05) is 6.61 Å². The molecule has 55 heavy (non-hydrogen) atoms. The van der Waals surface area contributed by atoms with Crippen LogP contribution in [0, 0.1) is 0 Å². The van der Waals surface area contributed by atoms with E-state index in [2.05, 4.69) is 19.2 Å². The van der Waals surface area contributed by atoms with Gasteiger partial charge in [-0.3, -0.25) is 4.79 Å². The predicted octanol–water partition coefficient (Wildman–Crippen LogP) is 15.0. The lowest BCUT2D eigenvalue weighted by Gasteiger charge is -2.23. The minimum absolute atomic E-state index is 0.0433. The fraction of sp³-hybridized carbons (Fsp3) is 0.980. The zero-order valence-corrected chi connectivity index (χ0v) is 37.6. The van der Waals surface area contributed by atoms with Crippen molar-refractivity contribution in [1.29, 1.82) is 0 Å². The van der Waals surface area contributed by atoms with Crippen molar-refractivity contribution < 1.29 is 20.1 Å². The highest BCUT2D eigenvalue weighted by Crippen LogP contribution is 2.18. The Hall–Kier alpha value is -0.650. The maximum Gasteiger partial charge on any atom is 0.222 e. The van der Waals surface area contributed by atoms with Crippen molar-refractivity contribution in [2.45, 2.75) is 308 Å². The number of aliphatic hydroxyl groups excluding tert-OH is 3. The molecule has 5 nitrogen and oxygen atoms in total. The average Bonchev–Trinajstić information content (AvgIpc) is 3.18. The third-order valence-corrected chi connectivity index (χ3v) is 12.2. The van der Waals surface area contributed by atoms with Gasteiger partial charge in [0.25, 0.3) is 0 Å². The summed E-state index contributed by atoms with van der Waals surface area (Å²) in [5, 5.41) is 33.5. The summed E-state index contributed by atoms with van der Waals surface area (Å²) in [4.78, 5) is 12.5. The van der Waals surface area contributed by atoms with Crippen molar-refractivity contribution in [3.05, 3.63) is 0 Å². The van der Waals surface area contributed by atoms with E-state index < -0.39 is 18.2 Å². The van der Waals surface area contributed by atoms with E-state index in [0.29, 0.717) is 12.8 Å². The Morgan fingerprint density at radius 1 is 0.382 bits per heavy atom. The summed E-state index contributed by atoms with van der Waals surface area (Å²) in [6.45, 7) is 4.30. The maximum atomic E-state index is 12.5. The van der Waals surface area contributed by atoms with Gasteiger partial charge in [0.1, 0.15) is 0 Å². The van der Waals surface area contributed by atoms with Gasteiger partial charge in [-0.2, -0.15) is 0 Å². The average molecular weight is 780 g/mol. The fourth-order valence-electron chi connectivity index (χ4n) is 8.29. The first-order chi connectivity index (χ1) is 27.0. The zero-order chi connectivity index (χ0) is 40.1. The molecule has 3 unspecified atom stereocenters. The summed E-state index contributed by atoms with van der Waals surface area (Å²) >= 11 is 0.